The molecule has 0 aliphatic carbocycles. The van der Waals surface area contributed by atoms with Gasteiger partial charge in [-0.2, -0.15) is 0 Å². The normalized spacial score (nSPS) is 14.3. The maximum atomic E-state index is 12.5. The number of phosphoric acid groups is 1. The highest BCUT2D eigenvalue weighted by Gasteiger charge is 2.28. The summed E-state index contributed by atoms with van der Waals surface area (Å²) in [5.74, 6) is -2.40. The highest BCUT2D eigenvalue weighted by atomic mass is 31.2. The Morgan fingerprint density at radius 1 is 0.640 bits per heavy atom. The van der Waals surface area contributed by atoms with E-state index in [4.69, 9.17) is 24.8 Å². The van der Waals surface area contributed by atoms with Crippen LogP contribution in [0.25, 0.3) is 0 Å². The lowest BCUT2D eigenvalue weighted by Crippen LogP contribution is -2.34. The molecule has 0 aromatic heterocycles. The van der Waals surface area contributed by atoms with E-state index in [2.05, 4.69) is 54.8 Å². The highest BCUT2D eigenvalue weighted by molar-refractivity contribution is 7.47. The van der Waals surface area contributed by atoms with Crippen molar-refractivity contribution in [1.29, 1.82) is 0 Å². The number of carbonyl (C=O) groups excluding carboxylic acids is 2. The van der Waals surface area contributed by atoms with Crippen molar-refractivity contribution in [2.75, 3.05) is 19.8 Å². The van der Waals surface area contributed by atoms with Crippen LogP contribution in [0.15, 0.2) is 36.5 Å². The van der Waals surface area contributed by atoms with Crippen LogP contribution >= 0.6 is 7.82 Å². The molecular formula is C38H68NO10P. The molecule has 50 heavy (non-hydrogen) atoms. The number of allylic oxidation sites excluding steroid dienone is 6. The van der Waals surface area contributed by atoms with Crippen molar-refractivity contribution in [3.63, 3.8) is 0 Å². The topological polar surface area (TPSA) is 172 Å². The van der Waals surface area contributed by atoms with E-state index in [0.29, 0.717) is 12.8 Å². The van der Waals surface area contributed by atoms with Gasteiger partial charge >= 0.3 is 25.7 Å². The summed E-state index contributed by atoms with van der Waals surface area (Å²) in [5.41, 5.74) is 5.31. The summed E-state index contributed by atoms with van der Waals surface area (Å²) in [6.45, 7) is 2.64. The van der Waals surface area contributed by atoms with Gasteiger partial charge in [0, 0.05) is 12.8 Å². The second kappa shape index (κ2) is 33.8. The van der Waals surface area contributed by atoms with E-state index in [1.54, 1.807) is 0 Å². The smallest absolute Gasteiger partial charge is 0.472 e. The minimum atomic E-state index is -4.71. The predicted octanol–water partition coefficient (Wildman–Crippen LogP) is 9.28. The van der Waals surface area contributed by atoms with E-state index < -0.39 is 51.1 Å². The van der Waals surface area contributed by atoms with Crippen LogP contribution in [0, 0.1) is 0 Å². The standard InChI is InChI=1S/C38H68NO10P/c1-3-5-7-9-11-13-15-16-17-18-20-22-24-26-28-30-37(41)49-34(32-47-50(44,45)48-33-35(39)38(42)43)31-46-36(40)29-27-25-23-21-19-14-12-10-8-6-4-2/h5,7,11,13,16-17,34-35H,3-4,6,8-10,12,14-15,18-33,39H2,1-2H3,(H,42,43)(H,44,45). The Balaban J connectivity index is 4.47. The van der Waals surface area contributed by atoms with Gasteiger partial charge < -0.3 is 25.2 Å². The molecule has 0 aliphatic rings. The average molecular weight is 730 g/mol. The molecule has 0 fully saturated rings. The lowest BCUT2D eigenvalue weighted by Gasteiger charge is -2.20. The number of carboxylic acids is 1. The van der Waals surface area contributed by atoms with E-state index in [1.165, 1.54) is 44.9 Å². The fourth-order valence-corrected chi connectivity index (χ4v) is 5.68. The Morgan fingerprint density at radius 3 is 1.68 bits per heavy atom. The number of hydrogen-bond donors (Lipinski definition) is 3. The van der Waals surface area contributed by atoms with Crippen molar-refractivity contribution in [1.82, 2.24) is 0 Å². The molecule has 12 heteroatoms. The molecule has 3 atom stereocenters. The minimum absolute atomic E-state index is 0.142. The fraction of sp³-hybridized carbons (Fsp3) is 0.763. The summed E-state index contributed by atoms with van der Waals surface area (Å²) >= 11 is 0. The van der Waals surface area contributed by atoms with Crippen molar-refractivity contribution >= 4 is 25.7 Å². The van der Waals surface area contributed by atoms with Crippen LogP contribution in [-0.4, -0.2) is 59.9 Å². The van der Waals surface area contributed by atoms with E-state index in [-0.39, 0.29) is 19.4 Å². The molecule has 0 radical (unpaired) electrons. The monoisotopic (exact) mass is 729 g/mol. The number of ether oxygens (including phenoxy) is 2. The van der Waals surface area contributed by atoms with Gasteiger partial charge in [0.15, 0.2) is 6.10 Å². The number of aliphatic carboxylic acids is 1. The van der Waals surface area contributed by atoms with Crippen molar-refractivity contribution < 1.29 is 47.5 Å². The first-order valence-corrected chi connectivity index (χ1v) is 20.5. The van der Waals surface area contributed by atoms with Gasteiger partial charge in [0.1, 0.15) is 12.6 Å². The number of nitrogens with two attached hydrogens (primary N) is 1. The van der Waals surface area contributed by atoms with Gasteiger partial charge in [-0.1, -0.05) is 134 Å². The molecule has 4 N–H and O–H groups in total. The molecule has 0 heterocycles. The fourth-order valence-electron chi connectivity index (χ4n) is 4.90. The Labute approximate surface area is 302 Å². The van der Waals surface area contributed by atoms with Crippen molar-refractivity contribution in [3.05, 3.63) is 36.5 Å². The van der Waals surface area contributed by atoms with Crippen LogP contribution in [0.5, 0.6) is 0 Å². The predicted molar refractivity (Wildman–Crippen MR) is 199 cm³/mol. The van der Waals surface area contributed by atoms with Gasteiger partial charge in [-0.3, -0.25) is 23.4 Å². The van der Waals surface area contributed by atoms with Crippen molar-refractivity contribution in [2.45, 2.75) is 167 Å². The Kier molecular flexibility index (Phi) is 32.3. The van der Waals surface area contributed by atoms with Crippen LogP contribution in [0.3, 0.4) is 0 Å². The Bertz CT molecular complexity index is 1000. The zero-order valence-corrected chi connectivity index (χ0v) is 31.9. The second-order valence-electron chi connectivity index (χ2n) is 12.7. The molecular weight excluding hydrogens is 661 g/mol. The molecule has 0 aromatic rings. The summed E-state index contributed by atoms with van der Waals surface area (Å²) in [4.78, 5) is 45.7. The second-order valence-corrected chi connectivity index (χ2v) is 14.1. The number of esters is 2. The van der Waals surface area contributed by atoms with Crippen LogP contribution < -0.4 is 5.73 Å². The summed E-state index contributed by atoms with van der Waals surface area (Å²) in [6.07, 6.45) is 33.6. The quantitative estimate of drug-likeness (QED) is 0.0246. The molecule has 0 bridgehead atoms. The summed E-state index contributed by atoms with van der Waals surface area (Å²) in [7, 11) is -4.71. The number of rotatable bonds is 35. The summed E-state index contributed by atoms with van der Waals surface area (Å²) in [6, 6.07) is -1.52. The van der Waals surface area contributed by atoms with Crippen molar-refractivity contribution in [2.24, 2.45) is 5.73 Å². The third-order valence-electron chi connectivity index (χ3n) is 7.90. The van der Waals surface area contributed by atoms with Gasteiger partial charge in [0.25, 0.3) is 0 Å². The molecule has 0 spiro atoms. The zero-order valence-electron chi connectivity index (χ0n) is 31.0. The molecule has 0 saturated heterocycles. The SMILES string of the molecule is CCC=CCC=CCC=CCCCCCCCC(=O)OC(COC(=O)CCCCCCCCCCCCC)COP(=O)(O)OCC(N)C(=O)O. The van der Waals surface area contributed by atoms with E-state index in [0.717, 1.165) is 70.6 Å². The molecule has 290 valence electrons. The number of phosphoric ester groups is 1. The van der Waals surface area contributed by atoms with Gasteiger partial charge in [-0.05, 0) is 44.9 Å². The maximum Gasteiger partial charge on any atom is 0.472 e. The summed E-state index contributed by atoms with van der Waals surface area (Å²) in [5, 5.41) is 8.85. The molecule has 0 aromatic carbocycles. The largest absolute Gasteiger partial charge is 0.480 e. The first kappa shape index (κ1) is 47.7. The zero-order chi connectivity index (χ0) is 37.1. The molecule has 3 unspecified atom stereocenters. The maximum absolute atomic E-state index is 12.5. The molecule has 11 nitrogen and oxygen atoms in total. The minimum Gasteiger partial charge on any atom is -0.480 e. The Morgan fingerprint density at radius 2 is 1.12 bits per heavy atom. The Hall–Kier alpha value is -2.30. The number of carbonyl (C=O) groups is 3. The third-order valence-corrected chi connectivity index (χ3v) is 8.85. The molecule has 0 amide bonds. The third kappa shape index (κ3) is 32.9. The molecule has 0 saturated carbocycles. The first-order chi connectivity index (χ1) is 24.1. The van der Waals surface area contributed by atoms with Crippen LogP contribution in [0.1, 0.15) is 155 Å². The van der Waals surface area contributed by atoms with E-state index >= 15 is 0 Å². The average Bonchev–Trinajstić information content (AvgIpc) is 3.09. The summed E-state index contributed by atoms with van der Waals surface area (Å²) < 4.78 is 32.5. The number of unbranched alkanes of at least 4 members (excludes halogenated alkanes) is 15. The number of carboxylic acid groups (broad SMARTS) is 1. The lowest BCUT2D eigenvalue weighted by molar-refractivity contribution is -0.161. The van der Waals surface area contributed by atoms with Crippen molar-refractivity contribution in [3.8, 4) is 0 Å². The van der Waals surface area contributed by atoms with Crippen LogP contribution in [-0.2, 0) is 37.5 Å². The van der Waals surface area contributed by atoms with Gasteiger partial charge in [0.2, 0.25) is 0 Å². The number of hydrogen-bond acceptors (Lipinski definition) is 9. The van der Waals surface area contributed by atoms with Gasteiger partial charge in [-0.15, -0.1) is 0 Å². The first-order valence-electron chi connectivity index (χ1n) is 19.0. The van der Waals surface area contributed by atoms with Gasteiger partial charge in [0.05, 0.1) is 13.2 Å². The van der Waals surface area contributed by atoms with Gasteiger partial charge in [-0.25, -0.2) is 4.57 Å². The van der Waals surface area contributed by atoms with Crippen LogP contribution in [0.4, 0.5) is 0 Å². The van der Waals surface area contributed by atoms with E-state index in [9.17, 15) is 23.8 Å². The van der Waals surface area contributed by atoms with Crippen LogP contribution in [0.2, 0.25) is 0 Å². The molecule has 0 aliphatic heterocycles. The molecule has 0 rings (SSSR count). The highest BCUT2D eigenvalue weighted by Crippen LogP contribution is 2.43. The van der Waals surface area contributed by atoms with E-state index in [1.807, 2.05) is 0 Å². The lowest BCUT2D eigenvalue weighted by atomic mass is 10.1.